The highest BCUT2D eigenvalue weighted by Crippen LogP contribution is 2.29. The van der Waals surface area contributed by atoms with Crippen molar-refractivity contribution in [3.05, 3.63) is 0 Å². The van der Waals surface area contributed by atoms with Gasteiger partial charge in [0.1, 0.15) is 5.92 Å². The third kappa shape index (κ3) is 3.23. The Hall–Kier alpha value is -1.04. The number of hydrogen-bond donors (Lipinski definition) is 0. The Kier molecular flexibility index (Phi) is 4.79. The molecule has 1 unspecified atom stereocenters. The maximum absolute atomic E-state index is 12.2. The van der Waals surface area contributed by atoms with Crippen molar-refractivity contribution in [2.75, 3.05) is 6.54 Å². The minimum Gasteiger partial charge on any atom is -0.339 e. The summed E-state index contributed by atoms with van der Waals surface area (Å²) in [4.78, 5) is 14.1. The van der Waals surface area contributed by atoms with Crippen LogP contribution in [0.25, 0.3) is 0 Å². The molecule has 1 aliphatic carbocycles. The van der Waals surface area contributed by atoms with Gasteiger partial charge in [-0.3, -0.25) is 4.79 Å². The van der Waals surface area contributed by atoms with Crippen LogP contribution in [0.1, 0.15) is 46.5 Å². The van der Waals surface area contributed by atoms with E-state index in [-0.39, 0.29) is 11.8 Å². The molecule has 1 aliphatic rings. The lowest BCUT2D eigenvalue weighted by Gasteiger charge is -2.26. The summed E-state index contributed by atoms with van der Waals surface area (Å²) in [7, 11) is 0. The van der Waals surface area contributed by atoms with E-state index >= 15 is 0 Å². The van der Waals surface area contributed by atoms with Crippen LogP contribution in [0.3, 0.4) is 0 Å². The number of rotatable bonds is 6. The molecule has 0 aromatic heterocycles. The van der Waals surface area contributed by atoms with Crippen LogP contribution in [0, 0.1) is 23.2 Å². The van der Waals surface area contributed by atoms with Crippen molar-refractivity contribution in [2.24, 2.45) is 11.8 Å². The summed E-state index contributed by atoms with van der Waals surface area (Å²) >= 11 is 0. The van der Waals surface area contributed by atoms with E-state index in [1.165, 1.54) is 0 Å². The first-order chi connectivity index (χ1) is 7.61. The second-order valence-electron chi connectivity index (χ2n) is 4.97. The lowest BCUT2D eigenvalue weighted by atomic mass is 9.96. The third-order valence-electron chi connectivity index (χ3n) is 3.10. The van der Waals surface area contributed by atoms with E-state index in [0.717, 1.165) is 32.2 Å². The summed E-state index contributed by atoms with van der Waals surface area (Å²) in [5.74, 6) is -0.300. The molecule has 1 fully saturated rings. The summed E-state index contributed by atoms with van der Waals surface area (Å²) in [5.41, 5.74) is 0. The average Bonchev–Trinajstić information content (AvgIpc) is 3.03. The molecule has 1 atom stereocenters. The van der Waals surface area contributed by atoms with E-state index in [2.05, 4.69) is 13.0 Å². The molecule has 0 aliphatic heterocycles. The molecule has 1 saturated carbocycles. The molecule has 0 heterocycles. The molecule has 0 N–H and O–H groups in total. The highest BCUT2D eigenvalue weighted by atomic mass is 16.2. The van der Waals surface area contributed by atoms with Crippen LogP contribution in [-0.4, -0.2) is 23.4 Å². The standard InChI is InChI=1S/C13H22N2O/c1-4-5-8-15(11-6-7-11)13(16)12(9-14)10(2)3/h10-12H,4-8H2,1-3H3. The zero-order chi connectivity index (χ0) is 12.1. The lowest BCUT2D eigenvalue weighted by molar-refractivity contribution is -0.135. The van der Waals surface area contributed by atoms with Gasteiger partial charge in [0, 0.05) is 12.6 Å². The molecule has 0 aromatic rings. The van der Waals surface area contributed by atoms with E-state index in [9.17, 15) is 4.79 Å². The van der Waals surface area contributed by atoms with Crippen molar-refractivity contribution in [1.29, 1.82) is 5.26 Å². The van der Waals surface area contributed by atoms with Crippen LogP contribution in [0.5, 0.6) is 0 Å². The summed E-state index contributed by atoms with van der Waals surface area (Å²) in [6, 6.07) is 2.57. The number of carbonyl (C=O) groups excluding carboxylic acids is 1. The topological polar surface area (TPSA) is 44.1 Å². The molecule has 90 valence electrons. The van der Waals surface area contributed by atoms with Gasteiger partial charge in [0.15, 0.2) is 0 Å². The molecule has 0 saturated heterocycles. The van der Waals surface area contributed by atoms with E-state index in [4.69, 9.17) is 5.26 Å². The van der Waals surface area contributed by atoms with E-state index in [1.807, 2.05) is 18.7 Å². The molecule has 3 heteroatoms. The van der Waals surface area contributed by atoms with Crippen molar-refractivity contribution >= 4 is 5.91 Å². The highest BCUT2D eigenvalue weighted by molar-refractivity contribution is 5.82. The molecule has 0 aromatic carbocycles. The maximum Gasteiger partial charge on any atom is 0.240 e. The Bertz CT molecular complexity index is 276. The first-order valence-electron chi connectivity index (χ1n) is 6.31. The number of nitriles is 1. The van der Waals surface area contributed by atoms with Crippen molar-refractivity contribution in [1.82, 2.24) is 4.90 Å². The zero-order valence-electron chi connectivity index (χ0n) is 10.6. The minimum atomic E-state index is -0.461. The molecule has 16 heavy (non-hydrogen) atoms. The van der Waals surface area contributed by atoms with Gasteiger partial charge < -0.3 is 4.90 Å². The van der Waals surface area contributed by atoms with E-state index < -0.39 is 5.92 Å². The summed E-state index contributed by atoms with van der Waals surface area (Å²) in [6.07, 6.45) is 4.37. The van der Waals surface area contributed by atoms with Crippen LogP contribution in [0.2, 0.25) is 0 Å². The molecule has 0 radical (unpaired) electrons. The van der Waals surface area contributed by atoms with Gasteiger partial charge in [0.25, 0.3) is 0 Å². The first kappa shape index (κ1) is 13.0. The number of carbonyl (C=O) groups is 1. The van der Waals surface area contributed by atoms with Gasteiger partial charge in [-0.25, -0.2) is 0 Å². The predicted octanol–water partition coefficient (Wildman–Crippen LogP) is 2.57. The monoisotopic (exact) mass is 222 g/mol. The smallest absolute Gasteiger partial charge is 0.240 e. The quantitative estimate of drug-likeness (QED) is 0.693. The van der Waals surface area contributed by atoms with Crippen LogP contribution < -0.4 is 0 Å². The second kappa shape index (κ2) is 5.89. The summed E-state index contributed by atoms with van der Waals surface area (Å²) < 4.78 is 0. The van der Waals surface area contributed by atoms with Gasteiger partial charge in [-0.05, 0) is 25.2 Å². The SMILES string of the molecule is CCCCN(C(=O)C(C#N)C(C)C)C1CC1. The van der Waals surface area contributed by atoms with E-state index in [0.29, 0.717) is 6.04 Å². The van der Waals surface area contributed by atoms with Crippen molar-refractivity contribution in [3.8, 4) is 6.07 Å². The normalized spacial score (nSPS) is 16.9. The molecular weight excluding hydrogens is 200 g/mol. The molecule has 0 spiro atoms. The third-order valence-corrected chi connectivity index (χ3v) is 3.10. The summed E-state index contributed by atoms with van der Waals surface area (Å²) in [6.45, 7) is 6.83. The fraction of sp³-hybridized carbons (Fsp3) is 0.846. The lowest BCUT2D eigenvalue weighted by Crippen LogP contribution is -2.39. The molecule has 1 amide bonds. The van der Waals surface area contributed by atoms with Gasteiger partial charge in [0.2, 0.25) is 5.91 Å². The predicted molar refractivity (Wildman–Crippen MR) is 63.6 cm³/mol. The molecule has 0 bridgehead atoms. The van der Waals surface area contributed by atoms with Crippen LogP contribution in [-0.2, 0) is 4.79 Å². The Morgan fingerprint density at radius 3 is 2.50 bits per heavy atom. The van der Waals surface area contributed by atoms with E-state index in [1.54, 1.807) is 0 Å². The molecule has 3 nitrogen and oxygen atoms in total. The van der Waals surface area contributed by atoms with Gasteiger partial charge in [0.05, 0.1) is 6.07 Å². The van der Waals surface area contributed by atoms with Gasteiger partial charge >= 0.3 is 0 Å². The number of hydrogen-bond acceptors (Lipinski definition) is 2. The zero-order valence-corrected chi connectivity index (χ0v) is 10.6. The maximum atomic E-state index is 12.2. The number of amides is 1. The Morgan fingerprint density at radius 2 is 2.12 bits per heavy atom. The van der Waals surface area contributed by atoms with Gasteiger partial charge in [-0.15, -0.1) is 0 Å². The van der Waals surface area contributed by atoms with Crippen LogP contribution in [0.4, 0.5) is 0 Å². The number of nitrogens with zero attached hydrogens (tertiary/aromatic N) is 2. The Morgan fingerprint density at radius 1 is 1.50 bits per heavy atom. The van der Waals surface area contributed by atoms with Crippen molar-refractivity contribution < 1.29 is 4.79 Å². The second-order valence-corrected chi connectivity index (χ2v) is 4.97. The van der Waals surface area contributed by atoms with Crippen molar-refractivity contribution in [3.63, 3.8) is 0 Å². The van der Waals surface area contributed by atoms with Crippen molar-refractivity contribution in [2.45, 2.75) is 52.5 Å². The largest absolute Gasteiger partial charge is 0.339 e. The first-order valence-corrected chi connectivity index (χ1v) is 6.31. The Balaban J connectivity index is 2.62. The number of unbranched alkanes of at least 4 members (excludes halogenated alkanes) is 1. The Labute approximate surface area is 98.4 Å². The van der Waals surface area contributed by atoms with Gasteiger partial charge in [-0.1, -0.05) is 27.2 Å². The van der Waals surface area contributed by atoms with Gasteiger partial charge in [-0.2, -0.15) is 5.26 Å². The summed E-state index contributed by atoms with van der Waals surface area (Å²) in [5, 5.41) is 9.05. The fourth-order valence-electron chi connectivity index (χ4n) is 1.86. The van der Waals surface area contributed by atoms with Crippen LogP contribution in [0.15, 0.2) is 0 Å². The average molecular weight is 222 g/mol. The fourth-order valence-corrected chi connectivity index (χ4v) is 1.86. The van der Waals surface area contributed by atoms with Crippen LogP contribution >= 0.6 is 0 Å². The molecular formula is C13H22N2O. The molecule has 1 rings (SSSR count). The minimum absolute atomic E-state index is 0.0495. The highest BCUT2D eigenvalue weighted by Gasteiger charge is 2.36.